The van der Waals surface area contributed by atoms with E-state index in [-0.39, 0.29) is 0 Å². The minimum absolute atomic E-state index is 0.737. The van der Waals surface area contributed by atoms with Gasteiger partial charge in [0.25, 0.3) is 0 Å². The van der Waals surface area contributed by atoms with Gasteiger partial charge in [-0.3, -0.25) is 0 Å². The zero-order chi connectivity index (χ0) is 11.4. The highest BCUT2D eigenvalue weighted by Crippen LogP contribution is 2.32. The predicted octanol–water partition coefficient (Wildman–Crippen LogP) is 4.26. The molecular formula is C12H17BrClNS. The van der Waals surface area contributed by atoms with Gasteiger partial charge in [0, 0.05) is 21.8 Å². The lowest BCUT2D eigenvalue weighted by molar-refractivity contribution is 0.396. The van der Waals surface area contributed by atoms with Crippen LogP contribution in [0, 0.1) is 11.8 Å². The summed E-state index contributed by atoms with van der Waals surface area (Å²) in [5, 5.41) is 5.68. The van der Waals surface area contributed by atoms with E-state index in [1.54, 1.807) is 11.3 Å². The first kappa shape index (κ1) is 12.9. The summed E-state index contributed by atoms with van der Waals surface area (Å²) in [6.07, 6.45) is 4.01. The van der Waals surface area contributed by atoms with Gasteiger partial charge in [-0.15, -0.1) is 22.9 Å². The van der Waals surface area contributed by atoms with Gasteiger partial charge in [-0.25, -0.2) is 0 Å². The van der Waals surface area contributed by atoms with Crippen LogP contribution < -0.4 is 5.32 Å². The minimum Gasteiger partial charge on any atom is -0.312 e. The number of rotatable bonds is 5. The first-order valence-corrected chi connectivity index (χ1v) is 8.00. The van der Waals surface area contributed by atoms with Crippen LogP contribution in [0.2, 0.25) is 0 Å². The van der Waals surface area contributed by atoms with E-state index in [0.29, 0.717) is 0 Å². The van der Waals surface area contributed by atoms with Gasteiger partial charge < -0.3 is 5.32 Å². The molecule has 1 fully saturated rings. The maximum Gasteiger partial charge on any atom is 0.0327 e. The van der Waals surface area contributed by atoms with Crippen LogP contribution in [-0.2, 0) is 6.54 Å². The van der Waals surface area contributed by atoms with Crippen LogP contribution in [0.3, 0.4) is 0 Å². The summed E-state index contributed by atoms with van der Waals surface area (Å²) in [7, 11) is 0. The molecular weight excluding hydrogens is 306 g/mol. The largest absolute Gasteiger partial charge is 0.312 e. The number of hydrogen-bond acceptors (Lipinski definition) is 2. The molecule has 16 heavy (non-hydrogen) atoms. The molecule has 0 saturated heterocycles. The highest BCUT2D eigenvalue weighted by atomic mass is 79.9. The third-order valence-electron chi connectivity index (χ3n) is 3.40. The Bertz CT molecular complexity index is 329. The Balaban J connectivity index is 1.74. The van der Waals surface area contributed by atoms with Crippen molar-refractivity contribution in [2.24, 2.45) is 11.8 Å². The highest BCUT2D eigenvalue weighted by molar-refractivity contribution is 9.10. The van der Waals surface area contributed by atoms with Crippen molar-refractivity contribution in [3.05, 3.63) is 20.8 Å². The first-order chi connectivity index (χ1) is 7.81. The van der Waals surface area contributed by atoms with Crippen molar-refractivity contribution < 1.29 is 0 Å². The zero-order valence-electron chi connectivity index (χ0n) is 9.22. The zero-order valence-corrected chi connectivity index (χ0v) is 12.4. The van der Waals surface area contributed by atoms with Crippen LogP contribution in [0.25, 0.3) is 0 Å². The maximum atomic E-state index is 5.97. The van der Waals surface area contributed by atoms with E-state index in [9.17, 15) is 0 Å². The van der Waals surface area contributed by atoms with Crippen LogP contribution in [0.15, 0.2) is 15.9 Å². The molecule has 1 aliphatic carbocycles. The van der Waals surface area contributed by atoms with Gasteiger partial charge >= 0.3 is 0 Å². The van der Waals surface area contributed by atoms with E-state index in [2.05, 4.69) is 32.7 Å². The first-order valence-electron chi connectivity index (χ1n) is 5.80. The maximum absolute atomic E-state index is 5.97. The molecule has 1 nitrogen and oxygen atoms in total. The lowest BCUT2D eigenvalue weighted by Gasteiger charge is -2.17. The molecule has 2 rings (SSSR count). The fraction of sp³-hybridized carbons (Fsp3) is 0.667. The number of nitrogens with one attached hydrogen (secondary N) is 1. The average Bonchev–Trinajstić information content (AvgIpc) is 2.88. The minimum atomic E-state index is 0.737. The number of alkyl halides is 1. The molecule has 1 heterocycles. The second-order valence-corrected chi connectivity index (χ2v) is 6.59. The number of thiophene rings is 1. The summed E-state index contributed by atoms with van der Waals surface area (Å²) in [5.74, 6) is 2.35. The SMILES string of the molecule is ClCC1CCCC1CNCc1sccc1Br. The number of hydrogen-bond donors (Lipinski definition) is 1. The Morgan fingerprint density at radius 2 is 2.25 bits per heavy atom. The molecule has 1 aromatic rings. The Labute approximate surface area is 115 Å². The van der Waals surface area contributed by atoms with E-state index in [0.717, 1.165) is 30.8 Å². The predicted molar refractivity (Wildman–Crippen MR) is 75.3 cm³/mol. The van der Waals surface area contributed by atoms with E-state index < -0.39 is 0 Å². The normalized spacial score (nSPS) is 25.1. The van der Waals surface area contributed by atoms with Crippen molar-refractivity contribution in [1.82, 2.24) is 5.32 Å². The molecule has 0 amide bonds. The lowest BCUT2D eigenvalue weighted by Crippen LogP contribution is -2.25. The third kappa shape index (κ3) is 3.22. The molecule has 90 valence electrons. The van der Waals surface area contributed by atoms with Crippen LogP contribution in [0.4, 0.5) is 0 Å². The summed E-state index contributed by atoms with van der Waals surface area (Å²) in [4.78, 5) is 1.39. The molecule has 0 radical (unpaired) electrons. The molecule has 1 aromatic heterocycles. The monoisotopic (exact) mass is 321 g/mol. The third-order valence-corrected chi connectivity index (χ3v) is 5.72. The molecule has 1 aliphatic rings. The average molecular weight is 323 g/mol. The van der Waals surface area contributed by atoms with Gasteiger partial charge in [-0.2, -0.15) is 0 Å². The van der Waals surface area contributed by atoms with E-state index in [1.807, 2.05) is 0 Å². The van der Waals surface area contributed by atoms with Crippen molar-refractivity contribution in [1.29, 1.82) is 0 Å². The lowest BCUT2D eigenvalue weighted by atomic mass is 9.98. The van der Waals surface area contributed by atoms with Gasteiger partial charge in [-0.1, -0.05) is 6.42 Å². The molecule has 1 N–H and O–H groups in total. The van der Waals surface area contributed by atoms with E-state index >= 15 is 0 Å². The van der Waals surface area contributed by atoms with E-state index in [1.165, 1.54) is 28.6 Å². The quantitative estimate of drug-likeness (QED) is 0.799. The van der Waals surface area contributed by atoms with Crippen molar-refractivity contribution in [2.45, 2.75) is 25.8 Å². The van der Waals surface area contributed by atoms with Crippen LogP contribution in [0.5, 0.6) is 0 Å². The number of halogens is 2. The molecule has 4 heteroatoms. The van der Waals surface area contributed by atoms with Gasteiger partial charge in [0.2, 0.25) is 0 Å². The van der Waals surface area contributed by atoms with Crippen molar-refractivity contribution in [3.8, 4) is 0 Å². The molecule has 2 unspecified atom stereocenters. The van der Waals surface area contributed by atoms with Crippen molar-refractivity contribution >= 4 is 38.9 Å². The van der Waals surface area contributed by atoms with Crippen molar-refractivity contribution in [2.75, 3.05) is 12.4 Å². The summed E-state index contributed by atoms with van der Waals surface area (Å²) in [5.41, 5.74) is 0. The van der Waals surface area contributed by atoms with Gasteiger partial charge in [0.1, 0.15) is 0 Å². The standard InChI is InChI=1S/C12H17BrClNS/c13-11-4-5-16-12(11)8-15-7-10-3-1-2-9(10)6-14/h4-5,9-10,15H,1-3,6-8H2. The Morgan fingerprint density at radius 1 is 1.44 bits per heavy atom. The fourth-order valence-electron chi connectivity index (χ4n) is 2.41. The summed E-state index contributed by atoms with van der Waals surface area (Å²) >= 11 is 11.3. The van der Waals surface area contributed by atoms with Crippen LogP contribution in [-0.4, -0.2) is 12.4 Å². The fourth-order valence-corrected chi connectivity index (χ4v) is 4.28. The van der Waals surface area contributed by atoms with Gasteiger partial charge in [0.05, 0.1) is 0 Å². The molecule has 0 bridgehead atoms. The Kier molecular flexibility index (Phi) is 5.14. The summed E-state index contributed by atoms with van der Waals surface area (Å²) < 4.78 is 1.23. The van der Waals surface area contributed by atoms with Crippen molar-refractivity contribution in [3.63, 3.8) is 0 Å². The van der Waals surface area contributed by atoms with Gasteiger partial charge in [0.15, 0.2) is 0 Å². The van der Waals surface area contributed by atoms with E-state index in [4.69, 9.17) is 11.6 Å². The molecule has 1 saturated carbocycles. The Hall–Kier alpha value is 0.430. The molecule has 0 aliphatic heterocycles. The Morgan fingerprint density at radius 3 is 2.94 bits per heavy atom. The second-order valence-electron chi connectivity index (χ2n) is 4.43. The molecule has 0 aromatic carbocycles. The topological polar surface area (TPSA) is 12.0 Å². The van der Waals surface area contributed by atoms with Gasteiger partial charge in [-0.05, 0) is 58.6 Å². The smallest absolute Gasteiger partial charge is 0.0327 e. The summed E-state index contributed by atoms with van der Waals surface area (Å²) in [6.45, 7) is 2.09. The molecule has 0 spiro atoms. The van der Waals surface area contributed by atoms with Crippen LogP contribution >= 0.6 is 38.9 Å². The second kappa shape index (κ2) is 6.39. The molecule has 2 atom stereocenters. The highest BCUT2D eigenvalue weighted by Gasteiger charge is 2.25. The van der Waals surface area contributed by atoms with Crippen LogP contribution in [0.1, 0.15) is 24.1 Å². The summed E-state index contributed by atoms with van der Waals surface area (Å²) in [6, 6.07) is 2.11.